The number of fused-ring (bicyclic) bond motifs is 1. The Morgan fingerprint density at radius 2 is 1.88 bits per heavy atom. The van der Waals surface area contributed by atoms with Gasteiger partial charge >= 0.3 is 5.97 Å². The predicted molar refractivity (Wildman–Crippen MR) is 181 cm³/mol. The van der Waals surface area contributed by atoms with Crippen LogP contribution in [0.3, 0.4) is 0 Å². The Morgan fingerprint density at radius 1 is 1.15 bits per heavy atom. The number of rotatable bonds is 16. The molecule has 0 radical (unpaired) electrons. The van der Waals surface area contributed by atoms with Crippen molar-refractivity contribution in [3.05, 3.63) is 61.2 Å². The second-order valence-corrected chi connectivity index (χ2v) is 14.0. The number of hydrogen-bond acceptors (Lipinski definition) is 7. The van der Waals surface area contributed by atoms with Crippen LogP contribution in [-0.2, 0) is 28.7 Å². The van der Waals surface area contributed by atoms with Crippen LogP contribution in [0.2, 0.25) is 0 Å². The van der Waals surface area contributed by atoms with Gasteiger partial charge in [-0.1, -0.05) is 82.0 Å². The Bertz CT molecular complexity index is 1330. The van der Waals surface area contributed by atoms with E-state index in [9.17, 15) is 24.3 Å². The maximum absolute atomic E-state index is 14.9. The summed E-state index contributed by atoms with van der Waals surface area (Å²) in [7, 11) is 0. The maximum atomic E-state index is 14.9. The van der Waals surface area contributed by atoms with Crippen LogP contribution >= 0.6 is 0 Å². The predicted octanol–water partition coefficient (Wildman–Crippen LogP) is 4.48. The Kier molecular flexibility index (Phi) is 11.8. The molecule has 1 aromatic rings. The summed E-state index contributed by atoms with van der Waals surface area (Å²) in [5, 5.41) is 13.8. The Morgan fingerprint density at radius 3 is 2.52 bits per heavy atom. The molecule has 1 spiro atoms. The molecule has 1 saturated carbocycles. The average Bonchev–Trinajstić information content (AvgIpc) is 3.76. The van der Waals surface area contributed by atoms with Crippen molar-refractivity contribution in [2.24, 2.45) is 17.8 Å². The van der Waals surface area contributed by atoms with Crippen molar-refractivity contribution in [3.63, 3.8) is 0 Å². The van der Waals surface area contributed by atoms with Crippen molar-refractivity contribution in [3.8, 4) is 0 Å². The van der Waals surface area contributed by atoms with E-state index in [-0.39, 0.29) is 49.3 Å². The molecule has 3 saturated heterocycles. The van der Waals surface area contributed by atoms with Gasteiger partial charge in [-0.2, -0.15) is 0 Å². The quantitative estimate of drug-likeness (QED) is 0.197. The summed E-state index contributed by atoms with van der Waals surface area (Å²) in [5.74, 6) is -3.07. The number of esters is 1. The zero-order chi connectivity index (χ0) is 34.4. The van der Waals surface area contributed by atoms with Gasteiger partial charge in [0.1, 0.15) is 18.2 Å². The first-order chi connectivity index (χ1) is 23.2. The number of nitrogens with one attached hydrogen (secondary N) is 1. The summed E-state index contributed by atoms with van der Waals surface area (Å²) < 4.78 is 12.3. The normalized spacial score (nSPS) is 28.3. The van der Waals surface area contributed by atoms with Crippen molar-refractivity contribution in [2.45, 2.75) is 114 Å². The van der Waals surface area contributed by atoms with Gasteiger partial charge in [0.25, 0.3) is 0 Å². The summed E-state index contributed by atoms with van der Waals surface area (Å²) in [6, 6.07) is 7.11. The van der Waals surface area contributed by atoms with E-state index in [0.717, 1.165) is 37.7 Å². The highest BCUT2D eigenvalue weighted by molar-refractivity contribution is 5.99. The van der Waals surface area contributed by atoms with Gasteiger partial charge in [-0.3, -0.25) is 19.2 Å². The first-order valence-electron chi connectivity index (χ1n) is 17.9. The number of aliphatic hydroxyl groups excluding tert-OH is 1. The fourth-order valence-electron chi connectivity index (χ4n) is 8.59. The minimum absolute atomic E-state index is 0.0337. The van der Waals surface area contributed by atoms with Gasteiger partial charge in [-0.15, -0.1) is 13.2 Å². The first kappa shape index (κ1) is 35.8. The monoisotopic (exact) mass is 663 g/mol. The van der Waals surface area contributed by atoms with Crippen LogP contribution in [0.15, 0.2) is 55.6 Å². The molecule has 3 heterocycles. The molecule has 3 amide bonds. The number of hydrogen-bond donors (Lipinski definition) is 2. The molecule has 2 bridgehead atoms. The fraction of sp³-hybridized carbons (Fsp3) is 0.632. The van der Waals surface area contributed by atoms with Gasteiger partial charge < -0.3 is 29.7 Å². The van der Waals surface area contributed by atoms with E-state index in [4.69, 9.17) is 9.47 Å². The molecular formula is C38H53N3O7. The third kappa shape index (κ3) is 6.83. The van der Waals surface area contributed by atoms with E-state index in [1.807, 2.05) is 49.1 Å². The van der Waals surface area contributed by atoms with E-state index in [0.29, 0.717) is 32.2 Å². The van der Waals surface area contributed by atoms with Gasteiger partial charge in [0.15, 0.2) is 0 Å². The average molecular weight is 664 g/mol. The third-order valence-electron chi connectivity index (χ3n) is 11.2. The van der Waals surface area contributed by atoms with Crippen LogP contribution in [0.1, 0.15) is 89.7 Å². The highest BCUT2D eigenvalue weighted by Gasteiger charge is 2.75. The Labute approximate surface area is 284 Å². The lowest BCUT2D eigenvalue weighted by Crippen LogP contribution is -2.61. The SMILES string of the molecule is C=CCCC(=O)OC[C@H](NC(=O)[C@@H]1[C@@H]2CC[C@]3(O2)[C@H](C(=O)N(CC=C)C2CCCCC2)N([C@@H](CO)[C@@H](C)CC)C(=O)[C@@H]13)c1ccccc1. The summed E-state index contributed by atoms with van der Waals surface area (Å²) in [5.41, 5.74) is -0.423. The van der Waals surface area contributed by atoms with E-state index >= 15 is 0 Å². The molecule has 4 fully saturated rings. The van der Waals surface area contributed by atoms with Gasteiger partial charge in [0, 0.05) is 19.0 Å². The van der Waals surface area contributed by atoms with Gasteiger partial charge in [-0.05, 0) is 43.6 Å². The number of carbonyl (C=O) groups excluding carboxylic acids is 4. The third-order valence-corrected chi connectivity index (χ3v) is 11.2. The molecule has 48 heavy (non-hydrogen) atoms. The number of carbonyl (C=O) groups is 4. The molecule has 5 rings (SSSR count). The molecule has 1 aliphatic carbocycles. The standard InChI is InChI=1S/C38H53N3O7/c1-5-8-19-31(43)47-24-28(26-15-11-9-12-16-26)39-35(44)32-30-20-21-38(48-30)33(32)36(45)41(29(23-42)25(4)7-3)34(38)37(46)40(22-6-2)27-17-13-10-14-18-27/h5-6,9,11-12,15-16,25,27-30,32-34,42H,1-2,7-8,10,13-14,17-24H2,3-4H3,(H,39,44)/t25-,28-,29-,30-,32+,33+,34-,38+/m0/s1. The smallest absolute Gasteiger partial charge is 0.306 e. The van der Waals surface area contributed by atoms with Gasteiger partial charge in [0.05, 0.1) is 36.6 Å². The second kappa shape index (κ2) is 15.8. The van der Waals surface area contributed by atoms with E-state index in [1.165, 1.54) is 0 Å². The maximum Gasteiger partial charge on any atom is 0.306 e. The number of nitrogens with zero attached hydrogens (tertiary/aromatic N) is 2. The summed E-state index contributed by atoms with van der Waals surface area (Å²) >= 11 is 0. The summed E-state index contributed by atoms with van der Waals surface area (Å²) in [6.07, 6.45) is 10.2. The molecule has 10 heteroatoms. The zero-order valence-electron chi connectivity index (χ0n) is 28.6. The van der Waals surface area contributed by atoms with Crippen molar-refractivity contribution >= 4 is 23.7 Å². The zero-order valence-corrected chi connectivity index (χ0v) is 28.6. The van der Waals surface area contributed by atoms with Crippen molar-refractivity contribution in [2.75, 3.05) is 19.8 Å². The molecule has 262 valence electrons. The minimum Gasteiger partial charge on any atom is -0.463 e. The molecule has 0 aromatic heterocycles. The molecular weight excluding hydrogens is 610 g/mol. The van der Waals surface area contributed by atoms with Crippen LogP contribution < -0.4 is 5.32 Å². The van der Waals surface area contributed by atoms with Gasteiger partial charge in [0.2, 0.25) is 17.7 Å². The van der Waals surface area contributed by atoms with Crippen LogP contribution in [-0.4, -0.2) is 88.2 Å². The lowest BCUT2D eigenvalue weighted by Gasteiger charge is -2.43. The van der Waals surface area contributed by atoms with Crippen molar-refractivity contribution in [1.29, 1.82) is 0 Å². The number of amides is 3. The Hall–Kier alpha value is -3.50. The van der Waals surface area contributed by atoms with E-state index < -0.39 is 47.6 Å². The topological polar surface area (TPSA) is 125 Å². The molecule has 4 aliphatic rings. The molecule has 3 aliphatic heterocycles. The summed E-state index contributed by atoms with van der Waals surface area (Å²) in [6.45, 7) is 11.6. The number of ether oxygens (including phenoxy) is 2. The highest BCUT2D eigenvalue weighted by atomic mass is 16.5. The van der Waals surface area contributed by atoms with Crippen LogP contribution in [0.5, 0.6) is 0 Å². The van der Waals surface area contributed by atoms with Crippen LogP contribution in [0.25, 0.3) is 0 Å². The Balaban J connectivity index is 1.48. The lowest BCUT2D eigenvalue weighted by molar-refractivity contribution is -0.154. The lowest BCUT2D eigenvalue weighted by atomic mass is 9.70. The van der Waals surface area contributed by atoms with Crippen LogP contribution in [0.4, 0.5) is 0 Å². The van der Waals surface area contributed by atoms with Crippen molar-refractivity contribution in [1.82, 2.24) is 15.1 Å². The van der Waals surface area contributed by atoms with Crippen LogP contribution in [0, 0.1) is 17.8 Å². The van der Waals surface area contributed by atoms with E-state index in [2.05, 4.69) is 18.5 Å². The molecule has 2 N–H and O–H groups in total. The number of aliphatic hydroxyl groups is 1. The molecule has 10 nitrogen and oxygen atoms in total. The highest BCUT2D eigenvalue weighted by Crippen LogP contribution is 2.59. The van der Waals surface area contributed by atoms with Gasteiger partial charge in [-0.25, -0.2) is 0 Å². The van der Waals surface area contributed by atoms with E-state index in [1.54, 1.807) is 17.1 Å². The second-order valence-electron chi connectivity index (χ2n) is 14.0. The van der Waals surface area contributed by atoms with Crippen molar-refractivity contribution < 1.29 is 33.8 Å². The molecule has 8 atom stereocenters. The fourth-order valence-corrected chi connectivity index (χ4v) is 8.59. The number of allylic oxidation sites excluding steroid dienone is 1. The number of benzene rings is 1. The minimum atomic E-state index is -1.19. The first-order valence-corrected chi connectivity index (χ1v) is 17.9. The largest absolute Gasteiger partial charge is 0.463 e. The molecule has 0 unspecified atom stereocenters. The molecule has 1 aromatic carbocycles. The number of likely N-dealkylation sites (tertiary alicyclic amines) is 1. The summed E-state index contributed by atoms with van der Waals surface area (Å²) in [4.78, 5) is 59.8.